The molecule has 0 bridgehead atoms. The first-order valence-corrected chi connectivity index (χ1v) is 10.2. The third-order valence-corrected chi connectivity index (χ3v) is 5.59. The van der Waals surface area contributed by atoms with Gasteiger partial charge in [0.1, 0.15) is 10.8 Å². The molecule has 1 aliphatic heterocycles. The van der Waals surface area contributed by atoms with Crippen molar-refractivity contribution in [2.24, 2.45) is 5.16 Å². The van der Waals surface area contributed by atoms with E-state index < -0.39 is 6.10 Å². The maximum absolute atomic E-state index is 13.4. The summed E-state index contributed by atoms with van der Waals surface area (Å²) >= 11 is 1.59. The molecule has 148 valence electrons. The van der Waals surface area contributed by atoms with E-state index in [1.807, 2.05) is 5.38 Å². The van der Waals surface area contributed by atoms with Crippen LogP contribution in [0, 0.1) is 12.7 Å². The molecule has 0 unspecified atom stereocenters. The maximum atomic E-state index is 13.4. The van der Waals surface area contributed by atoms with Crippen LogP contribution in [0.1, 0.15) is 23.2 Å². The lowest BCUT2D eigenvalue weighted by atomic mass is 10.0. The molecule has 29 heavy (non-hydrogen) atoms. The topological polar surface area (TPSA) is 63.6 Å². The molecule has 0 radical (unpaired) electrons. The SMILES string of the molecule is Cc1ccc(-c2nc(CCNC(=O)[C@@H]3CC(c4cccc(F)c4)=NO3)cs2)cc1. The van der Waals surface area contributed by atoms with Gasteiger partial charge in [0.05, 0.1) is 11.4 Å². The summed E-state index contributed by atoms with van der Waals surface area (Å²) in [6, 6.07) is 14.4. The molecule has 0 saturated carbocycles. The van der Waals surface area contributed by atoms with Gasteiger partial charge in [-0.25, -0.2) is 9.37 Å². The number of hydrogen-bond acceptors (Lipinski definition) is 5. The Morgan fingerprint density at radius 1 is 1.24 bits per heavy atom. The summed E-state index contributed by atoms with van der Waals surface area (Å²) < 4.78 is 13.4. The number of nitrogens with one attached hydrogen (secondary N) is 1. The van der Waals surface area contributed by atoms with Crippen LogP contribution in [0.4, 0.5) is 4.39 Å². The molecule has 0 aliphatic carbocycles. The fourth-order valence-electron chi connectivity index (χ4n) is 3.03. The number of nitrogens with zero attached hydrogens (tertiary/aromatic N) is 2. The quantitative estimate of drug-likeness (QED) is 0.666. The number of halogens is 1. The molecule has 1 amide bonds. The number of hydrogen-bond donors (Lipinski definition) is 1. The first-order chi connectivity index (χ1) is 14.1. The lowest BCUT2D eigenvalue weighted by molar-refractivity contribution is -0.131. The Hall–Kier alpha value is -3.06. The minimum Gasteiger partial charge on any atom is -0.382 e. The largest absolute Gasteiger partial charge is 0.382 e. The van der Waals surface area contributed by atoms with Gasteiger partial charge in [0.25, 0.3) is 5.91 Å². The van der Waals surface area contributed by atoms with Gasteiger partial charge in [-0.15, -0.1) is 11.3 Å². The molecule has 1 N–H and O–H groups in total. The van der Waals surface area contributed by atoms with Crippen molar-refractivity contribution < 1.29 is 14.0 Å². The molecule has 2 aromatic carbocycles. The highest BCUT2D eigenvalue weighted by Gasteiger charge is 2.28. The van der Waals surface area contributed by atoms with Crippen LogP contribution in [0.3, 0.4) is 0 Å². The summed E-state index contributed by atoms with van der Waals surface area (Å²) in [7, 11) is 0. The molecule has 4 rings (SSSR count). The number of carbonyl (C=O) groups excluding carboxylic acids is 1. The molecule has 1 aliphatic rings. The van der Waals surface area contributed by atoms with Crippen molar-refractivity contribution in [1.82, 2.24) is 10.3 Å². The van der Waals surface area contributed by atoms with Crippen LogP contribution in [0.15, 0.2) is 59.1 Å². The van der Waals surface area contributed by atoms with Gasteiger partial charge in [0.15, 0.2) is 0 Å². The second kappa shape index (κ2) is 8.53. The second-order valence-electron chi connectivity index (χ2n) is 6.90. The van der Waals surface area contributed by atoms with Crippen molar-refractivity contribution >= 4 is 23.0 Å². The van der Waals surface area contributed by atoms with Gasteiger partial charge in [-0.1, -0.05) is 47.1 Å². The Labute approximate surface area is 172 Å². The second-order valence-corrected chi connectivity index (χ2v) is 7.76. The van der Waals surface area contributed by atoms with Crippen molar-refractivity contribution in [2.45, 2.75) is 25.9 Å². The van der Waals surface area contributed by atoms with Gasteiger partial charge in [0.2, 0.25) is 6.10 Å². The zero-order valence-electron chi connectivity index (χ0n) is 15.9. The molecule has 5 nitrogen and oxygen atoms in total. The Kier molecular flexibility index (Phi) is 5.67. The predicted octanol–water partition coefficient (Wildman–Crippen LogP) is 4.11. The smallest absolute Gasteiger partial charge is 0.264 e. The summed E-state index contributed by atoms with van der Waals surface area (Å²) in [6.45, 7) is 2.52. The van der Waals surface area contributed by atoms with E-state index in [1.54, 1.807) is 23.5 Å². The average Bonchev–Trinajstić information content (AvgIpc) is 3.39. The Bertz CT molecular complexity index is 1050. The van der Waals surface area contributed by atoms with Crippen LogP contribution >= 0.6 is 11.3 Å². The summed E-state index contributed by atoms with van der Waals surface area (Å²) in [5.41, 5.74) is 4.46. The first-order valence-electron chi connectivity index (χ1n) is 9.36. The van der Waals surface area contributed by atoms with Gasteiger partial charge in [0, 0.05) is 35.9 Å². The molecular formula is C22H20FN3O2S. The number of carbonyl (C=O) groups is 1. The van der Waals surface area contributed by atoms with E-state index in [2.05, 4.69) is 46.6 Å². The monoisotopic (exact) mass is 409 g/mol. The molecule has 7 heteroatoms. The van der Waals surface area contributed by atoms with E-state index in [0.717, 1.165) is 16.3 Å². The highest BCUT2D eigenvalue weighted by molar-refractivity contribution is 7.13. The number of amides is 1. The fourth-order valence-corrected chi connectivity index (χ4v) is 3.89. The van der Waals surface area contributed by atoms with Crippen LogP contribution in [0.25, 0.3) is 10.6 Å². The van der Waals surface area contributed by atoms with Crippen molar-refractivity contribution in [2.75, 3.05) is 6.54 Å². The van der Waals surface area contributed by atoms with Crippen LogP contribution in [-0.4, -0.2) is 29.3 Å². The highest BCUT2D eigenvalue weighted by Crippen LogP contribution is 2.24. The van der Waals surface area contributed by atoms with E-state index in [9.17, 15) is 9.18 Å². The Morgan fingerprint density at radius 3 is 2.86 bits per heavy atom. The van der Waals surface area contributed by atoms with Crippen molar-refractivity contribution in [1.29, 1.82) is 0 Å². The summed E-state index contributed by atoms with van der Waals surface area (Å²) in [5.74, 6) is -0.569. The number of oxime groups is 1. The summed E-state index contributed by atoms with van der Waals surface area (Å²) in [4.78, 5) is 22.2. The Balaban J connectivity index is 1.26. The van der Waals surface area contributed by atoms with E-state index in [0.29, 0.717) is 30.7 Å². The first kappa shape index (κ1) is 19.3. The average molecular weight is 409 g/mol. The molecular weight excluding hydrogens is 389 g/mol. The van der Waals surface area contributed by atoms with Crippen LogP contribution in [-0.2, 0) is 16.1 Å². The third-order valence-electron chi connectivity index (χ3n) is 4.65. The van der Waals surface area contributed by atoms with Crippen molar-refractivity contribution in [3.05, 3.63) is 76.5 Å². The minimum absolute atomic E-state index is 0.228. The van der Waals surface area contributed by atoms with E-state index in [1.165, 1.54) is 17.7 Å². The molecule has 1 atom stereocenters. The zero-order valence-corrected chi connectivity index (χ0v) is 16.7. The van der Waals surface area contributed by atoms with Gasteiger partial charge in [-0.3, -0.25) is 4.79 Å². The van der Waals surface area contributed by atoms with Crippen molar-refractivity contribution in [3.8, 4) is 10.6 Å². The normalized spacial score (nSPS) is 15.7. The summed E-state index contributed by atoms with van der Waals surface area (Å²) in [5, 5.41) is 9.79. The van der Waals surface area contributed by atoms with Gasteiger partial charge in [-0.05, 0) is 19.1 Å². The van der Waals surface area contributed by atoms with E-state index >= 15 is 0 Å². The number of rotatable bonds is 6. The lowest BCUT2D eigenvalue weighted by Crippen LogP contribution is -2.36. The number of aromatic nitrogens is 1. The van der Waals surface area contributed by atoms with Crippen molar-refractivity contribution in [3.63, 3.8) is 0 Å². The molecule has 0 spiro atoms. The Morgan fingerprint density at radius 2 is 2.07 bits per heavy atom. The zero-order chi connectivity index (χ0) is 20.2. The van der Waals surface area contributed by atoms with Crippen LogP contribution in [0.5, 0.6) is 0 Å². The number of benzene rings is 2. The highest BCUT2D eigenvalue weighted by atomic mass is 32.1. The standard InChI is InChI=1S/C22H20FN3O2S/c1-14-5-7-15(8-6-14)22-25-18(13-29-22)9-10-24-21(27)20-12-19(26-28-20)16-3-2-4-17(23)11-16/h2-8,11,13,20H,9-10,12H2,1H3,(H,24,27)/t20-/m0/s1. The van der Waals surface area contributed by atoms with E-state index in [4.69, 9.17) is 4.84 Å². The number of thiazole rings is 1. The third kappa shape index (κ3) is 4.68. The number of aryl methyl sites for hydroxylation is 1. The molecule has 0 fully saturated rings. The fraction of sp³-hybridized carbons (Fsp3) is 0.227. The van der Waals surface area contributed by atoms with E-state index in [-0.39, 0.29) is 11.7 Å². The van der Waals surface area contributed by atoms with Crippen LogP contribution < -0.4 is 5.32 Å². The van der Waals surface area contributed by atoms with Crippen LogP contribution in [0.2, 0.25) is 0 Å². The van der Waals surface area contributed by atoms with Gasteiger partial charge in [-0.2, -0.15) is 0 Å². The summed E-state index contributed by atoms with van der Waals surface area (Å²) in [6.07, 6.45) is 0.272. The van der Waals surface area contributed by atoms with Gasteiger partial charge < -0.3 is 10.2 Å². The lowest BCUT2D eigenvalue weighted by Gasteiger charge is -2.08. The molecule has 2 heterocycles. The predicted molar refractivity (Wildman–Crippen MR) is 111 cm³/mol. The molecule has 1 aromatic heterocycles. The minimum atomic E-state index is -0.688. The maximum Gasteiger partial charge on any atom is 0.264 e. The molecule has 0 saturated heterocycles. The molecule has 3 aromatic rings. The van der Waals surface area contributed by atoms with Gasteiger partial charge >= 0.3 is 0 Å².